The molecule has 110 valence electrons. The molecule has 0 aliphatic heterocycles. The van der Waals surface area contributed by atoms with Gasteiger partial charge in [0.15, 0.2) is 9.84 Å². The molecule has 0 aliphatic carbocycles. The largest absolute Gasteiger partial charge is 0.383 e. The lowest BCUT2D eigenvalue weighted by Crippen LogP contribution is -2.19. The maximum atomic E-state index is 11.6. The van der Waals surface area contributed by atoms with Gasteiger partial charge in [-0.1, -0.05) is 6.92 Å². The molecule has 1 aromatic heterocycles. The third-order valence-corrected chi connectivity index (χ3v) is 4.47. The molecule has 1 heterocycles. The first-order chi connectivity index (χ1) is 9.07. The number of nitrogens with one attached hydrogen (secondary N) is 1. The standard InChI is InChI=1S/C12H23N3O3S/c1-3-9-19(16,17)10-7-15-6-4-12(14-15)11-13-5-8-18-2/h4,6,13H,3,5,7-11H2,1-2H3. The molecule has 0 amide bonds. The minimum Gasteiger partial charge on any atom is -0.383 e. The zero-order chi connectivity index (χ0) is 14.1. The Kier molecular flexibility index (Phi) is 7.04. The first-order valence-electron chi connectivity index (χ1n) is 6.50. The van der Waals surface area contributed by atoms with Crippen molar-refractivity contribution >= 4 is 9.84 Å². The van der Waals surface area contributed by atoms with Crippen molar-refractivity contribution in [2.75, 3.05) is 31.8 Å². The van der Waals surface area contributed by atoms with Gasteiger partial charge in [0.2, 0.25) is 0 Å². The van der Waals surface area contributed by atoms with Crippen molar-refractivity contribution < 1.29 is 13.2 Å². The van der Waals surface area contributed by atoms with Crippen LogP contribution in [0.1, 0.15) is 19.0 Å². The molecule has 0 bridgehead atoms. The Bertz CT molecular complexity index is 457. The van der Waals surface area contributed by atoms with Crippen LogP contribution in [0.2, 0.25) is 0 Å². The Morgan fingerprint density at radius 2 is 2.21 bits per heavy atom. The van der Waals surface area contributed by atoms with Gasteiger partial charge in [-0.05, 0) is 12.5 Å². The van der Waals surface area contributed by atoms with Gasteiger partial charge in [-0.3, -0.25) is 4.68 Å². The summed E-state index contributed by atoms with van der Waals surface area (Å²) in [6.07, 6.45) is 2.48. The average Bonchev–Trinajstić information content (AvgIpc) is 2.80. The van der Waals surface area contributed by atoms with Gasteiger partial charge in [0.1, 0.15) is 0 Å². The quantitative estimate of drug-likeness (QED) is 0.633. The van der Waals surface area contributed by atoms with Crippen LogP contribution in [0.3, 0.4) is 0 Å². The van der Waals surface area contributed by atoms with Crippen molar-refractivity contribution in [3.05, 3.63) is 18.0 Å². The number of methoxy groups -OCH3 is 1. The number of hydrogen-bond donors (Lipinski definition) is 1. The van der Waals surface area contributed by atoms with Gasteiger partial charge in [-0.15, -0.1) is 0 Å². The Labute approximate surface area is 115 Å². The average molecular weight is 289 g/mol. The molecule has 0 aliphatic rings. The lowest BCUT2D eigenvalue weighted by Gasteiger charge is -2.03. The number of aryl methyl sites for hydroxylation is 1. The van der Waals surface area contributed by atoms with E-state index < -0.39 is 9.84 Å². The van der Waals surface area contributed by atoms with Gasteiger partial charge in [-0.25, -0.2) is 8.42 Å². The summed E-state index contributed by atoms with van der Waals surface area (Å²) >= 11 is 0. The van der Waals surface area contributed by atoms with Crippen LogP contribution in [-0.4, -0.2) is 50.0 Å². The van der Waals surface area contributed by atoms with Gasteiger partial charge in [-0.2, -0.15) is 5.10 Å². The van der Waals surface area contributed by atoms with Gasteiger partial charge < -0.3 is 10.1 Å². The summed E-state index contributed by atoms with van der Waals surface area (Å²) in [6.45, 7) is 4.39. The third-order valence-electron chi connectivity index (χ3n) is 2.63. The Morgan fingerprint density at radius 3 is 2.89 bits per heavy atom. The van der Waals surface area contributed by atoms with E-state index in [1.54, 1.807) is 11.8 Å². The molecular weight excluding hydrogens is 266 g/mol. The molecule has 0 unspecified atom stereocenters. The number of nitrogens with zero attached hydrogens (tertiary/aromatic N) is 2. The maximum Gasteiger partial charge on any atom is 0.152 e. The molecule has 19 heavy (non-hydrogen) atoms. The Morgan fingerprint density at radius 1 is 1.42 bits per heavy atom. The summed E-state index contributed by atoms with van der Waals surface area (Å²) in [5.41, 5.74) is 0.906. The fraction of sp³-hybridized carbons (Fsp3) is 0.750. The number of ether oxygens (including phenoxy) is 1. The number of hydrogen-bond acceptors (Lipinski definition) is 5. The summed E-state index contributed by atoms with van der Waals surface area (Å²) in [7, 11) is -1.28. The molecule has 1 rings (SSSR count). The van der Waals surface area contributed by atoms with E-state index in [1.165, 1.54) is 0 Å². The lowest BCUT2D eigenvalue weighted by atomic mass is 10.4. The summed E-state index contributed by atoms with van der Waals surface area (Å²) in [4.78, 5) is 0. The molecule has 0 atom stereocenters. The molecule has 1 N–H and O–H groups in total. The van der Waals surface area contributed by atoms with Crippen molar-refractivity contribution in [3.8, 4) is 0 Å². The normalized spacial score (nSPS) is 11.9. The zero-order valence-corrected chi connectivity index (χ0v) is 12.4. The molecule has 1 aromatic rings. The van der Waals surface area contributed by atoms with E-state index in [2.05, 4.69) is 10.4 Å². The summed E-state index contributed by atoms with van der Waals surface area (Å²) in [5.74, 6) is 0.402. The van der Waals surface area contributed by atoms with E-state index in [4.69, 9.17) is 4.74 Å². The number of rotatable bonds is 10. The minimum atomic E-state index is -2.94. The first-order valence-corrected chi connectivity index (χ1v) is 8.32. The predicted octanol–water partition coefficient (Wildman–Crippen LogP) is 0.444. The van der Waals surface area contributed by atoms with Crippen molar-refractivity contribution in [1.29, 1.82) is 0 Å². The van der Waals surface area contributed by atoms with Crippen LogP contribution < -0.4 is 5.32 Å². The van der Waals surface area contributed by atoms with Crippen LogP contribution in [0.4, 0.5) is 0 Å². The van der Waals surface area contributed by atoms with Crippen molar-refractivity contribution in [2.45, 2.75) is 26.4 Å². The summed E-state index contributed by atoms with van der Waals surface area (Å²) in [6, 6.07) is 1.90. The summed E-state index contributed by atoms with van der Waals surface area (Å²) in [5, 5.41) is 7.51. The van der Waals surface area contributed by atoms with Crippen molar-refractivity contribution in [3.63, 3.8) is 0 Å². The molecule has 0 radical (unpaired) electrons. The van der Waals surface area contributed by atoms with Gasteiger partial charge in [0.25, 0.3) is 0 Å². The van der Waals surface area contributed by atoms with E-state index >= 15 is 0 Å². The third kappa shape index (κ3) is 6.70. The highest BCUT2D eigenvalue weighted by molar-refractivity contribution is 7.91. The second-order valence-corrected chi connectivity index (χ2v) is 6.70. The van der Waals surface area contributed by atoms with Crippen LogP contribution in [-0.2, 0) is 27.7 Å². The van der Waals surface area contributed by atoms with Gasteiger partial charge in [0.05, 0.1) is 24.6 Å². The maximum absolute atomic E-state index is 11.6. The summed E-state index contributed by atoms with van der Waals surface area (Å²) < 4.78 is 29.8. The molecule has 0 aromatic carbocycles. The van der Waals surface area contributed by atoms with Crippen LogP contribution in [0.25, 0.3) is 0 Å². The number of sulfone groups is 1. The minimum absolute atomic E-state index is 0.152. The van der Waals surface area contributed by atoms with Gasteiger partial charge >= 0.3 is 0 Å². The molecule has 0 spiro atoms. The fourth-order valence-electron chi connectivity index (χ4n) is 1.66. The topological polar surface area (TPSA) is 73.2 Å². The van der Waals surface area contributed by atoms with Crippen LogP contribution >= 0.6 is 0 Å². The van der Waals surface area contributed by atoms with Crippen LogP contribution in [0.5, 0.6) is 0 Å². The van der Waals surface area contributed by atoms with E-state index in [9.17, 15) is 8.42 Å². The first kappa shape index (κ1) is 16.1. The molecule has 0 fully saturated rings. The molecule has 6 nitrogen and oxygen atoms in total. The highest BCUT2D eigenvalue weighted by Crippen LogP contribution is 1.99. The van der Waals surface area contributed by atoms with Crippen LogP contribution in [0, 0.1) is 0 Å². The lowest BCUT2D eigenvalue weighted by molar-refractivity contribution is 0.199. The predicted molar refractivity (Wildman–Crippen MR) is 74.8 cm³/mol. The smallest absolute Gasteiger partial charge is 0.152 e. The van der Waals surface area contributed by atoms with E-state index in [-0.39, 0.29) is 11.5 Å². The zero-order valence-electron chi connectivity index (χ0n) is 11.6. The Hall–Kier alpha value is -0.920. The van der Waals surface area contributed by atoms with Gasteiger partial charge in [0, 0.05) is 32.1 Å². The van der Waals surface area contributed by atoms with Crippen LogP contribution in [0.15, 0.2) is 12.3 Å². The fourth-order valence-corrected chi connectivity index (χ4v) is 2.95. The molecular formula is C12H23N3O3S. The molecule has 7 heteroatoms. The van der Waals surface area contributed by atoms with E-state index in [1.807, 2.05) is 19.2 Å². The molecule has 0 saturated carbocycles. The monoisotopic (exact) mass is 289 g/mol. The van der Waals surface area contributed by atoms with E-state index in [0.29, 0.717) is 26.1 Å². The highest BCUT2D eigenvalue weighted by atomic mass is 32.2. The highest BCUT2D eigenvalue weighted by Gasteiger charge is 2.09. The van der Waals surface area contributed by atoms with Crippen molar-refractivity contribution in [1.82, 2.24) is 15.1 Å². The number of aromatic nitrogens is 2. The van der Waals surface area contributed by atoms with E-state index in [0.717, 1.165) is 12.2 Å². The second kappa shape index (κ2) is 8.29. The van der Waals surface area contributed by atoms with Crippen molar-refractivity contribution in [2.24, 2.45) is 0 Å². The second-order valence-electron chi connectivity index (χ2n) is 4.39. The molecule has 0 saturated heterocycles. The SMILES string of the molecule is CCCS(=O)(=O)CCn1ccc(CNCCOC)n1. The Balaban J connectivity index is 2.34.